The van der Waals surface area contributed by atoms with Crippen LogP contribution in [0.1, 0.15) is 22.8 Å². The average molecular weight is 506 g/mol. The topological polar surface area (TPSA) is 111 Å². The molecule has 4 aromatic rings. The van der Waals surface area contributed by atoms with E-state index in [4.69, 9.17) is 14.2 Å². The number of benzene rings is 2. The quantitative estimate of drug-likeness (QED) is 0.288. The van der Waals surface area contributed by atoms with Gasteiger partial charge in [-0.3, -0.25) is 14.9 Å². The number of carbonyl (C=O) groups is 1. The predicted molar refractivity (Wildman–Crippen MR) is 137 cm³/mol. The van der Waals surface area contributed by atoms with Gasteiger partial charge in [0.1, 0.15) is 5.75 Å². The SMILES string of the molecule is COc1ccc(-c2nc(S[C@@H](CC(=O)NCc3cccnc3)c3ccc(OC)c(OC)c3)n[nH]2)cc1. The van der Waals surface area contributed by atoms with Gasteiger partial charge in [-0.25, -0.2) is 4.98 Å². The van der Waals surface area contributed by atoms with Gasteiger partial charge in [-0.15, -0.1) is 5.10 Å². The van der Waals surface area contributed by atoms with Gasteiger partial charge in [0, 0.05) is 36.2 Å². The molecule has 1 amide bonds. The summed E-state index contributed by atoms with van der Waals surface area (Å²) in [5.74, 6) is 2.50. The molecule has 2 aromatic heterocycles. The van der Waals surface area contributed by atoms with Crippen LogP contribution >= 0.6 is 11.8 Å². The normalized spacial score (nSPS) is 11.5. The van der Waals surface area contributed by atoms with Gasteiger partial charge < -0.3 is 19.5 Å². The van der Waals surface area contributed by atoms with Crippen LogP contribution in [0.3, 0.4) is 0 Å². The molecule has 0 bridgehead atoms. The standard InChI is InChI=1S/C26H27N5O4S/c1-33-20-9-6-18(7-10-20)25-29-26(31-30-25)36-23(19-8-11-21(34-2)22(13-19)35-3)14-24(32)28-16-17-5-4-12-27-15-17/h4-13,15,23H,14,16H2,1-3H3,(H,28,32)(H,29,30,31)/t23-/m0/s1. The second-order valence-electron chi connectivity index (χ2n) is 7.76. The summed E-state index contributed by atoms with van der Waals surface area (Å²) in [6.45, 7) is 0.401. The molecule has 0 saturated carbocycles. The molecule has 0 fully saturated rings. The summed E-state index contributed by atoms with van der Waals surface area (Å²) in [6.07, 6.45) is 3.65. The lowest BCUT2D eigenvalue weighted by Crippen LogP contribution is -2.24. The Bertz CT molecular complexity index is 1280. The molecule has 0 saturated heterocycles. The second-order valence-corrected chi connectivity index (χ2v) is 8.93. The number of hydrogen-bond donors (Lipinski definition) is 2. The molecule has 9 nitrogen and oxygen atoms in total. The van der Waals surface area contributed by atoms with Crippen LogP contribution in [0.5, 0.6) is 17.2 Å². The Morgan fingerprint density at radius 3 is 2.53 bits per heavy atom. The van der Waals surface area contributed by atoms with Crippen LogP contribution in [0.25, 0.3) is 11.4 Å². The number of aromatic amines is 1. The molecule has 0 aliphatic rings. The van der Waals surface area contributed by atoms with Gasteiger partial charge in [-0.1, -0.05) is 23.9 Å². The number of H-pyrrole nitrogens is 1. The number of thioether (sulfide) groups is 1. The predicted octanol–water partition coefficient (Wildman–Crippen LogP) is 4.43. The maximum atomic E-state index is 12.9. The number of carbonyl (C=O) groups excluding carboxylic acids is 1. The molecule has 0 aliphatic carbocycles. The van der Waals surface area contributed by atoms with Crippen molar-refractivity contribution in [2.45, 2.75) is 23.4 Å². The van der Waals surface area contributed by atoms with E-state index in [1.165, 1.54) is 11.8 Å². The van der Waals surface area contributed by atoms with Gasteiger partial charge in [0.15, 0.2) is 17.3 Å². The van der Waals surface area contributed by atoms with E-state index in [0.29, 0.717) is 29.0 Å². The Balaban J connectivity index is 1.53. The van der Waals surface area contributed by atoms with Crippen molar-refractivity contribution in [3.8, 4) is 28.6 Å². The summed E-state index contributed by atoms with van der Waals surface area (Å²) in [5, 5.41) is 10.6. The molecule has 2 N–H and O–H groups in total. The molecule has 36 heavy (non-hydrogen) atoms. The second kappa shape index (κ2) is 12.1. The van der Waals surface area contributed by atoms with Crippen LogP contribution in [-0.4, -0.2) is 47.4 Å². The lowest BCUT2D eigenvalue weighted by atomic mass is 10.1. The summed E-state index contributed by atoms with van der Waals surface area (Å²) in [5.41, 5.74) is 2.70. The Morgan fingerprint density at radius 2 is 1.83 bits per heavy atom. The number of rotatable bonds is 11. The van der Waals surface area contributed by atoms with Crippen molar-refractivity contribution in [3.05, 3.63) is 78.1 Å². The average Bonchev–Trinajstić information content (AvgIpc) is 3.40. The van der Waals surface area contributed by atoms with Crippen molar-refractivity contribution in [3.63, 3.8) is 0 Å². The van der Waals surface area contributed by atoms with E-state index in [0.717, 1.165) is 22.4 Å². The summed E-state index contributed by atoms with van der Waals surface area (Å²) in [4.78, 5) is 21.6. The fourth-order valence-corrected chi connectivity index (χ4v) is 4.54. The smallest absolute Gasteiger partial charge is 0.221 e. The van der Waals surface area contributed by atoms with Gasteiger partial charge in [-0.2, -0.15) is 0 Å². The molecule has 0 aliphatic heterocycles. The van der Waals surface area contributed by atoms with Gasteiger partial charge >= 0.3 is 0 Å². The van der Waals surface area contributed by atoms with Crippen molar-refractivity contribution in [1.29, 1.82) is 0 Å². The molecular formula is C26H27N5O4S. The minimum atomic E-state index is -0.266. The Hall–Kier alpha value is -4.05. The van der Waals surface area contributed by atoms with Crippen molar-refractivity contribution in [2.24, 2.45) is 0 Å². The third-order valence-corrected chi connectivity index (χ3v) is 6.56. The number of pyridine rings is 1. The highest BCUT2D eigenvalue weighted by molar-refractivity contribution is 7.99. The largest absolute Gasteiger partial charge is 0.497 e. The zero-order chi connectivity index (χ0) is 25.3. The zero-order valence-electron chi connectivity index (χ0n) is 20.2. The van der Waals surface area contributed by atoms with E-state index < -0.39 is 0 Å². The highest BCUT2D eigenvalue weighted by Crippen LogP contribution is 2.40. The summed E-state index contributed by atoms with van der Waals surface area (Å²) < 4.78 is 16.1. The zero-order valence-corrected chi connectivity index (χ0v) is 21.0. The van der Waals surface area contributed by atoms with Gasteiger partial charge in [0.05, 0.1) is 21.3 Å². The van der Waals surface area contributed by atoms with E-state index in [1.54, 1.807) is 33.7 Å². The Morgan fingerprint density at radius 1 is 1.03 bits per heavy atom. The maximum absolute atomic E-state index is 12.9. The van der Waals surface area contributed by atoms with Crippen molar-refractivity contribution in [1.82, 2.24) is 25.5 Å². The van der Waals surface area contributed by atoms with Gasteiger partial charge in [-0.05, 0) is 53.6 Å². The van der Waals surface area contributed by atoms with Crippen LogP contribution in [0.15, 0.2) is 72.1 Å². The van der Waals surface area contributed by atoms with Crippen LogP contribution in [-0.2, 0) is 11.3 Å². The molecular weight excluding hydrogens is 478 g/mol. The molecule has 10 heteroatoms. The van der Waals surface area contributed by atoms with Crippen molar-refractivity contribution < 1.29 is 19.0 Å². The molecule has 4 rings (SSSR count). The third-order valence-electron chi connectivity index (χ3n) is 5.44. The first-order chi connectivity index (χ1) is 17.6. The first-order valence-corrected chi connectivity index (χ1v) is 12.1. The van der Waals surface area contributed by atoms with Crippen LogP contribution in [0.2, 0.25) is 0 Å². The van der Waals surface area contributed by atoms with E-state index in [9.17, 15) is 4.79 Å². The van der Waals surface area contributed by atoms with Crippen molar-refractivity contribution in [2.75, 3.05) is 21.3 Å². The van der Waals surface area contributed by atoms with E-state index in [1.807, 2.05) is 54.6 Å². The molecule has 0 unspecified atom stereocenters. The highest BCUT2D eigenvalue weighted by Gasteiger charge is 2.22. The number of nitrogens with zero attached hydrogens (tertiary/aromatic N) is 3. The molecule has 186 valence electrons. The minimum Gasteiger partial charge on any atom is -0.497 e. The summed E-state index contributed by atoms with van der Waals surface area (Å²) >= 11 is 1.40. The molecule has 0 spiro atoms. The van der Waals surface area contributed by atoms with E-state index in [2.05, 4.69) is 25.5 Å². The third kappa shape index (κ3) is 6.33. The number of nitrogens with one attached hydrogen (secondary N) is 2. The Labute approximate surface area is 213 Å². The summed E-state index contributed by atoms with van der Waals surface area (Å²) in [7, 11) is 4.80. The van der Waals surface area contributed by atoms with E-state index in [-0.39, 0.29) is 17.6 Å². The first kappa shape index (κ1) is 25.1. The fraction of sp³-hybridized carbons (Fsp3) is 0.231. The van der Waals surface area contributed by atoms with E-state index >= 15 is 0 Å². The Kier molecular flexibility index (Phi) is 8.40. The van der Waals surface area contributed by atoms with Crippen LogP contribution < -0.4 is 19.5 Å². The van der Waals surface area contributed by atoms with Crippen LogP contribution in [0.4, 0.5) is 0 Å². The number of aromatic nitrogens is 4. The molecule has 1 atom stereocenters. The molecule has 0 radical (unpaired) electrons. The number of amides is 1. The first-order valence-electron chi connectivity index (χ1n) is 11.2. The van der Waals surface area contributed by atoms with Crippen LogP contribution in [0, 0.1) is 0 Å². The van der Waals surface area contributed by atoms with Gasteiger partial charge in [0.25, 0.3) is 0 Å². The number of ether oxygens (including phenoxy) is 3. The molecule has 2 heterocycles. The minimum absolute atomic E-state index is 0.1000. The lowest BCUT2D eigenvalue weighted by molar-refractivity contribution is -0.121. The monoisotopic (exact) mass is 505 g/mol. The number of hydrogen-bond acceptors (Lipinski definition) is 8. The lowest BCUT2D eigenvalue weighted by Gasteiger charge is -2.17. The number of methoxy groups -OCH3 is 3. The van der Waals surface area contributed by atoms with Gasteiger partial charge in [0.2, 0.25) is 11.1 Å². The maximum Gasteiger partial charge on any atom is 0.221 e. The highest BCUT2D eigenvalue weighted by atomic mass is 32.2. The summed E-state index contributed by atoms with van der Waals surface area (Å²) in [6, 6.07) is 16.9. The fourth-order valence-electron chi connectivity index (χ4n) is 3.53. The molecule has 2 aromatic carbocycles. The van der Waals surface area contributed by atoms with Crippen molar-refractivity contribution >= 4 is 17.7 Å².